The minimum atomic E-state index is 0.0906. The van der Waals surface area contributed by atoms with Crippen LogP contribution < -0.4 is 10.6 Å². The van der Waals surface area contributed by atoms with E-state index in [1.165, 1.54) is 11.1 Å². The first-order valence-corrected chi connectivity index (χ1v) is 9.92. The van der Waals surface area contributed by atoms with Crippen LogP contribution in [0.1, 0.15) is 24.0 Å². The Hall–Kier alpha value is -2.04. The van der Waals surface area contributed by atoms with Crippen LogP contribution in [0.4, 0.5) is 0 Å². The van der Waals surface area contributed by atoms with E-state index >= 15 is 0 Å². The normalized spacial score (nSPS) is 16.7. The highest BCUT2D eigenvalue weighted by atomic mass is 35.5. The lowest BCUT2D eigenvalue weighted by atomic mass is 9.74. The maximum absolute atomic E-state index is 5.94. The van der Waals surface area contributed by atoms with E-state index in [0.29, 0.717) is 0 Å². The van der Waals surface area contributed by atoms with Gasteiger partial charge in [-0.2, -0.15) is 0 Å². The van der Waals surface area contributed by atoms with E-state index in [1.807, 2.05) is 19.2 Å². The van der Waals surface area contributed by atoms with Gasteiger partial charge in [0.1, 0.15) is 0 Å². The standard InChI is InChI=1S/C22H28ClN3O/c1-24-21(25-14-11-18-7-9-20(23)10-8-18)26-17-22(12-15-27-16-13-22)19-5-3-2-4-6-19/h2-10H,11-17H2,1H3,(H2,24,25,26). The number of benzene rings is 2. The summed E-state index contributed by atoms with van der Waals surface area (Å²) in [6, 6.07) is 18.7. The third-order valence-corrected chi connectivity index (χ3v) is 5.53. The molecule has 0 aromatic heterocycles. The molecule has 144 valence electrons. The zero-order valence-electron chi connectivity index (χ0n) is 15.9. The van der Waals surface area contributed by atoms with E-state index < -0.39 is 0 Å². The van der Waals surface area contributed by atoms with Crippen LogP contribution in [-0.4, -0.2) is 39.3 Å². The van der Waals surface area contributed by atoms with Crippen molar-refractivity contribution in [1.82, 2.24) is 10.6 Å². The monoisotopic (exact) mass is 385 g/mol. The van der Waals surface area contributed by atoms with Crippen molar-refractivity contribution in [2.75, 3.05) is 33.4 Å². The molecule has 0 saturated carbocycles. The second-order valence-electron chi connectivity index (χ2n) is 6.99. The van der Waals surface area contributed by atoms with Gasteiger partial charge in [-0.05, 0) is 42.5 Å². The van der Waals surface area contributed by atoms with E-state index in [0.717, 1.165) is 56.5 Å². The van der Waals surface area contributed by atoms with Crippen molar-refractivity contribution in [3.8, 4) is 0 Å². The van der Waals surface area contributed by atoms with Crippen LogP contribution in [0.2, 0.25) is 5.02 Å². The summed E-state index contributed by atoms with van der Waals surface area (Å²) < 4.78 is 5.62. The molecular formula is C22H28ClN3O. The van der Waals surface area contributed by atoms with E-state index in [2.05, 4.69) is 58.1 Å². The Morgan fingerprint density at radius 2 is 1.74 bits per heavy atom. The smallest absolute Gasteiger partial charge is 0.191 e. The molecule has 0 bridgehead atoms. The Kier molecular flexibility index (Phi) is 7.13. The molecule has 3 rings (SSSR count). The molecule has 0 aliphatic carbocycles. The number of halogens is 1. The summed E-state index contributed by atoms with van der Waals surface area (Å²) in [6.45, 7) is 3.28. The predicted octanol–water partition coefficient (Wildman–Crippen LogP) is 3.80. The number of guanidine groups is 1. The Labute approximate surface area is 167 Å². The molecule has 5 heteroatoms. The maximum atomic E-state index is 5.94. The highest BCUT2D eigenvalue weighted by Gasteiger charge is 2.34. The fraction of sp³-hybridized carbons (Fsp3) is 0.409. The van der Waals surface area contributed by atoms with Gasteiger partial charge in [0.2, 0.25) is 0 Å². The van der Waals surface area contributed by atoms with Crippen LogP contribution in [0.15, 0.2) is 59.6 Å². The molecule has 0 unspecified atom stereocenters. The second kappa shape index (κ2) is 9.77. The van der Waals surface area contributed by atoms with E-state index in [9.17, 15) is 0 Å². The molecule has 2 N–H and O–H groups in total. The number of aliphatic imine (C=N–C) groups is 1. The SMILES string of the molecule is CN=C(NCCc1ccc(Cl)cc1)NCC1(c2ccccc2)CCOCC1. The van der Waals surface area contributed by atoms with Crippen molar-refractivity contribution in [3.05, 3.63) is 70.7 Å². The fourth-order valence-electron chi connectivity index (χ4n) is 3.57. The quantitative estimate of drug-likeness (QED) is 0.587. The van der Waals surface area contributed by atoms with Crippen molar-refractivity contribution in [2.24, 2.45) is 4.99 Å². The average Bonchev–Trinajstić information content (AvgIpc) is 2.73. The first kappa shape index (κ1) is 19.7. The lowest BCUT2D eigenvalue weighted by Crippen LogP contribution is -2.48. The van der Waals surface area contributed by atoms with Crippen molar-refractivity contribution in [2.45, 2.75) is 24.7 Å². The number of nitrogens with one attached hydrogen (secondary N) is 2. The number of ether oxygens (including phenoxy) is 1. The zero-order valence-corrected chi connectivity index (χ0v) is 16.6. The lowest BCUT2D eigenvalue weighted by molar-refractivity contribution is 0.0514. The molecule has 1 saturated heterocycles. The molecule has 2 aromatic carbocycles. The summed E-state index contributed by atoms with van der Waals surface area (Å²) in [5.41, 5.74) is 2.72. The van der Waals surface area contributed by atoms with E-state index in [4.69, 9.17) is 16.3 Å². The summed E-state index contributed by atoms with van der Waals surface area (Å²) in [5, 5.41) is 7.72. The molecule has 4 nitrogen and oxygen atoms in total. The van der Waals surface area contributed by atoms with Crippen molar-refractivity contribution in [1.29, 1.82) is 0 Å². The van der Waals surface area contributed by atoms with Gasteiger partial charge in [0, 0.05) is 43.8 Å². The van der Waals surface area contributed by atoms with Crippen molar-refractivity contribution in [3.63, 3.8) is 0 Å². The van der Waals surface area contributed by atoms with E-state index in [-0.39, 0.29) is 5.41 Å². The molecule has 0 atom stereocenters. The van der Waals surface area contributed by atoms with Gasteiger partial charge >= 0.3 is 0 Å². The molecule has 1 aliphatic rings. The molecule has 2 aromatic rings. The minimum Gasteiger partial charge on any atom is -0.381 e. The molecule has 1 fully saturated rings. The van der Waals surface area contributed by atoms with Gasteiger partial charge in [-0.3, -0.25) is 4.99 Å². The van der Waals surface area contributed by atoms with Crippen LogP contribution >= 0.6 is 11.6 Å². The van der Waals surface area contributed by atoms with Crippen LogP contribution in [0.5, 0.6) is 0 Å². The van der Waals surface area contributed by atoms with Crippen LogP contribution in [0.25, 0.3) is 0 Å². The van der Waals surface area contributed by atoms with Gasteiger partial charge < -0.3 is 15.4 Å². The highest BCUT2D eigenvalue weighted by Crippen LogP contribution is 2.34. The molecule has 27 heavy (non-hydrogen) atoms. The van der Waals surface area contributed by atoms with Crippen molar-refractivity contribution < 1.29 is 4.74 Å². The number of hydrogen-bond donors (Lipinski definition) is 2. The predicted molar refractivity (Wildman–Crippen MR) is 113 cm³/mol. The Morgan fingerprint density at radius 1 is 1.04 bits per heavy atom. The largest absolute Gasteiger partial charge is 0.381 e. The topological polar surface area (TPSA) is 45.7 Å². The summed E-state index contributed by atoms with van der Waals surface area (Å²) >= 11 is 5.94. The van der Waals surface area contributed by atoms with E-state index in [1.54, 1.807) is 0 Å². The zero-order chi connectivity index (χ0) is 19.0. The summed E-state index contributed by atoms with van der Waals surface area (Å²) in [4.78, 5) is 4.38. The Bertz CT molecular complexity index is 725. The van der Waals surface area contributed by atoms with Gasteiger partial charge in [0.05, 0.1) is 0 Å². The van der Waals surface area contributed by atoms with Gasteiger partial charge in [-0.15, -0.1) is 0 Å². The average molecular weight is 386 g/mol. The number of rotatable bonds is 6. The van der Waals surface area contributed by atoms with Crippen LogP contribution in [0.3, 0.4) is 0 Å². The second-order valence-corrected chi connectivity index (χ2v) is 7.42. The lowest BCUT2D eigenvalue weighted by Gasteiger charge is -2.38. The molecule has 0 spiro atoms. The number of hydrogen-bond acceptors (Lipinski definition) is 2. The fourth-order valence-corrected chi connectivity index (χ4v) is 3.70. The Balaban J connectivity index is 1.56. The minimum absolute atomic E-state index is 0.0906. The third kappa shape index (κ3) is 5.47. The van der Waals surface area contributed by atoms with Crippen LogP contribution in [-0.2, 0) is 16.6 Å². The molecule has 1 heterocycles. The highest BCUT2D eigenvalue weighted by molar-refractivity contribution is 6.30. The maximum Gasteiger partial charge on any atom is 0.191 e. The molecule has 0 amide bonds. The third-order valence-electron chi connectivity index (χ3n) is 5.27. The molecule has 1 aliphatic heterocycles. The summed E-state index contributed by atoms with van der Waals surface area (Å²) in [7, 11) is 1.82. The van der Waals surface area contributed by atoms with Gasteiger partial charge in [-0.25, -0.2) is 0 Å². The molecular weight excluding hydrogens is 358 g/mol. The van der Waals surface area contributed by atoms with Crippen LogP contribution in [0, 0.1) is 0 Å². The van der Waals surface area contributed by atoms with Gasteiger partial charge in [0.15, 0.2) is 5.96 Å². The summed E-state index contributed by atoms with van der Waals surface area (Å²) in [5.74, 6) is 0.839. The molecule has 0 radical (unpaired) electrons. The first-order valence-electron chi connectivity index (χ1n) is 9.54. The first-order chi connectivity index (χ1) is 13.2. The number of nitrogens with zero attached hydrogens (tertiary/aromatic N) is 1. The van der Waals surface area contributed by atoms with Gasteiger partial charge in [0.25, 0.3) is 0 Å². The van der Waals surface area contributed by atoms with Gasteiger partial charge in [-0.1, -0.05) is 54.1 Å². The Morgan fingerprint density at radius 3 is 2.41 bits per heavy atom. The van der Waals surface area contributed by atoms with Crippen molar-refractivity contribution >= 4 is 17.6 Å². The summed E-state index contributed by atoms with van der Waals surface area (Å²) in [6.07, 6.45) is 2.97.